The van der Waals surface area contributed by atoms with Crippen LogP contribution in [0.5, 0.6) is 0 Å². The van der Waals surface area contributed by atoms with E-state index in [1.54, 1.807) is 0 Å². The number of nitrogens with two attached hydrogens (primary N) is 1. The molecule has 0 aromatic heterocycles. The Bertz CT molecular complexity index is 180. The molecule has 0 aliphatic carbocycles. The molecule has 0 rings (SSSR count). The van der Waals surface area contributed by atoms with Crippen molar-refractivity contribution in [2.24, 2.45) is 5.73 Å². The second-order valence-electron chi connectivity index (χ2n) is 4.13. The predicted molar refractivity (Wildman–Crippen MR) is 54.7 cm³/mol. The van der Waals surface area contributed by atoms with Gasteiger partial charge in [0, 0.05) is 19.1 Å². The van der Waals surface area contributed by atoms with Crippen LogP contribution in [0, 0.1) is 0 Å². The largest absolute Gasteiger partial charge is 0.405 e. The Morgan fingerprint density at radius 1 is 1.13 bits per heavy atom. The molecule has 0 saturated carbocycles. The van der Waals surface area contributed by atoms with E-state index >= 15 is 0 Å². The molecule has 0 fully saturated rings. The molecule has 0 aromatic carbocycles. The van der Waals surface area contributed by atoms with Crippen molar-refractivity contribution in [3.63, 3.8) is 0 Å². The average Bonchev–Trinajstić information content (AvgIpc) is 1.96. The zero-order chi connectivity index (χ0) is 12.2. The Morgan fingerprint density at radius 2 is 1.60 bits per heavy atom. The minimum absolute atomic E-state index is 0.346. The van der Waals surface area contributed by atoms with Gasteiger partial charge in [0.25, 0.3) is 0 Å². The number of hydrogen-bond acceptors (Lipinski definition) is 3. The van der Waals surface area contributed by atoms with Crippen LogP contribution in [0.1, 0.15) is 6.92 Å². The summed E-state index contributed by atoms with van der Waals surface area (Å²) in [6.07, 6.45) is -4.27. The fraction of sp³-hybridized carbons (Fsp3) is 1.00. The van der Waals surface area contributed by atoms with E-state index in [0.29, 0.717) is 13.1 Å². The number of alkyl halides is 3. The first kappa shape index (κ1) is 14.7. The van der Waals surface area contributed by atoms with E-state index < -0.39 is 18.3 Å². The maximum atomic E-state index is 12.6. The third-order valence-corrected chi connectivity index (χ3v) is 2.21. The van der Waals surface area contributed by atoms with Crippen LogP contribution in [0.4, 0.5) is 13.2 Å². The molecule has 2 atom stereocenters. The van der Waals surface area contributed by atoms with Gasteiger partial charge in [-0.2, -0.15) is 13.2 Å². The van der Waals surface area contributed by atoms with Crippen molar-refractivity contribution in [3.05, 3.63) is 0 Å². The summed E-state index contributed by atoms with van der Waals surface area (Å²) in [6, 6.07) is -2.49. The third kappa shape index (κ3) is 5.34. The van der Waals surface area contributed by atoms with E-state index in [0.717, 1.165) is 0 Å². The molecule has 0 saturated heterocycles. The average molecular weight is 227 g/mol. The Labute approximate surface area is 89.0 Å². The minimum atomic E-state index is -4.27. The quantitative estimate of drug-likeness (QED) is 0.752. The summed E-state index contributed by atoms with van der Waals surface area (Å²) in [5.74, 6) is 0. The summed E-state index contributed by atoms with van der Waals surface area (Å²) < 4.78 is 37.8. The monoisotopic (exact) mass is 227 g/mol. The van der Waals surface area contributed by atoms with Crippen molar-refractivity contribution in [2.75, 3.05) is 34.2 Å². The predicted octanol–water partition coefficient (Wildman–Crippen LogP) is 0.758. The van der Waals surface area contributed by atoms with Gasteiger partial charge >= 0.3 is 6.18 Å². The standard InChI is InChI=1S/C9H20F3N3/c1-7(13)8(9(10,11)12)15(4)6-5-14(2)3/h7-8H,5-6,13H2,1-4H3. The minimum Gasteiger partial charge on any atom is -0.326 e. The molecule has 0 aliphatic heterocycles. The molecular formula is C9H20F3N3. The first-order valence-corrected chi connectivity index (χ1v) is 4.83. The smallest absolute Gasteiger partial charge is 0.326 e. The van der Waals surface area contributed by atoms with E-state index in [1.807, 2.05) is 19.0 Å². The van der Waals surface area contributed by atoms with Crippen LogP contribution in [-0.4, -0.2) is 62.3 Å². The molecular weight excluding hydrogens is 207 g/mol. The summed E-state index contributed by atoms with van der Waals surface area (Å²) in [4.78, 5) is 3.09. The van der Waals surface area contributed by atoms with Gasteiger partial charge in [-0.1, -0.05) is 0 Å². The molecule has 92 valence electrons. The van der Waals surface area contributed by atoms with Gasteiger partial charge in [-0.3, -0.25) is 4.90 Å². The molecule has 2 unspecified atom stereocenters. The van der Waals surface area contributed by atoms with Gasteiger partial charge in [0.05, 0.1) is 0 Å². The van der Waals surface area contributed by atoms with Crippen molar-refractivity contribution in [2.45, 2.75) is 25.2 Å². The van der Waals surface area contributed by atoms with Crippen LogP contribution in [-0.2, 0) is 0 Å². The summed E-state index contributed by atoms with van der Waals surface area (Å²) in [7, 11) is 5.09. The summed E-state index contributed by atoms with van der Waals surface area (Å²) in [6.45, 7) is 2.30. The van der Waals surface area contributed by atoms with Gasteiger partial charge in [0.1, 0.15) is 6.04 Å². The molecule has 0 aromatic rings. The fourth-order valence-electron chi connectivity index (χ4n) is 1.45. The highest BCUT2D eigenvalue weighted by Gasteiger charge is 2.44. The van der Waals surface area contributed by atoms with Crippen LogP contribution >= 0.6 is 0 Å². The molecule has 0 radical (unpaired) electrons. The lowest BCUT2D eigenvalue weighted by molar-refractivity contribution is -0.184. The van der Waals surface area contributed by atoms with E-state index in [4.69, 9.17) is 5.73 Å². The van der Waals surface area contributed by atoms with E-state index in [-0.39, 0.29) is 0 Å². The highest BCUT2D eigenvalue weighted by Crippen LogP contribution is 2.25. The molecule has 0 aliphatic rings. The topological polar surface area (TPSA) is 32.5 Å². The van der Waals surface area contributed by atoms with E-state index in [9.17, 15) is 13.2 Å². The molecule has 0 bridgehead atoms. The Kier molecular flexibility index (Phi) is 5.55. The van der Waals surface area contributed by atoms with Crippen molar-refractivity contribution < 1.29 is 13.2 Å². The Morgan fingerprint density at radius 3 is 1.87 bits per heavy atom. The van der Waals surface area contributed by atoms with Gasteiger partial charge in [0.15, 0.2) is 0 Å². The normalized spacial score (nSPS) is 17.2. The first-order chi connectivity index (χ1) is 6.66. The SMILES string of the molecule is CC(N)C(N(C)CCN(C)C)C(F)(F)F. The Hall–Kier alpha value is -0.330. The molecule has 2 N–H and O–H groups in total. The molecule has 0 amide bonds. The van der Waals surface area contributed by atoms with E-state index in [2.05, 4.69) is 0 Å². The number of hydrogen-bond donors (Lipinski definition) is 1. The molecule has 0 spiro atoms. The van der Waals surface area contributed by atoms with Gasteiger partial charge in [0.2, 0.25) is 0 Å². The van der Waals surface area contributed by atoms with Crippen molar-refractivity contribution in [3.8, 4) is 0 Å². The van der Waals surface area contributed by atoms with Crippen LogP contribution in [0.25, 0.3) is 0 Å². The zero-order valence-electron chi connectivity index (χ0n) is 9.67. The fourth-order valence-corrected chi connectivity index (χ4v) is 1.45. The third-order valence-electron chi connectivity index (χ3n) is 2.21. The van der Waals surface area contributed by atoms with Gasteiger partial charge in [-0.25, -0.2) is 0 Å². The lowest BCUT2D eigenvalue weighted by Gasteiger charge is -2.33. The van der Waals surface area contributed by atoms with Gasteiger partial charge in [-0.15, -0.1) is 0 Å². The summed E-state index contributed by atoms with van der Waals surface area (Å²) >= 11 is 0. The van der Waals surface area contributed by atoms with Crippen LogP contribution in [0.2, 0.25) is 0 Å². The van der Waals surface area contributed by atoms with Crippen molar-refractivity contribution in [1.82, 2.24) is 9.80 Å². The summed E-state index contributed by atoms with van der Waals surface area (Å²) in [5.41, 5.74) is 5.35. The second-order valence-corrected chi connectivity index (χ2v) is 4.13. The van der Waals surface area contributed by atoms with Crippen LogP contribution in [0.3, 0.4) is 0 Å². The molecule has 15 heavy (non-hydrogen) atoms. The van der Waals surface area contributed by atoms with Gasteiger partial charge in [-0.05, 0) is 28.1 Å². The maximum absolute atomic E-state index is 12.6. The molecule has 3 nitrogen and oxygen atoms in total. The number of rotatable bonds is 5. The van der Waals surface area contributed by atoms with Crippen LogP contribution < -0.4 is 5.73 Å². The van der Waals surface area contributed by atoms with Gasteiger partial charge < -0.3 is 10.6 Å². The summed E-state index contributed by atoms with van der Waals surface area (Å²) in [5, 5.41) is 0. The second kappa shape index (κ2) is 5.67. The van der Waals surface area contributed by atoms with Crippen molar-refractivity contribution >= 4 is 0 Å². The zero-order valence-corrected chi connectivity index (χ0v) is 9.67. The number of nitrogens with zero attached hydrogens (tertiary/aromatic N) is 2. The number of likely N-dealkylation sites (N-methyl/N-ethyl adjacent to an activating group) is 2. The van der Waals surface area contributed by atoms with E-state index in [1.165, 1.54) is 18.9 Å². The lowest BCUT2D eigenvalue weighted by Crippen LogP contribution is -2.54. The molecule has 0 heterocycles. The molecule has 6 heteroatoms. The first-order valence-electron chi connectivity index (χ1n) is 4.83. The lowest BCUT2D eigenvalue weighted by atomic mass is 10.1. The van der Waals surface area contributed by atoms with Crippen LogP contribution in [0.15, 0.2) is 0 Å². The van der Waals surface area contributed by atoms with Crippen molar-refractivity contribution in [1.29, 1.82) is 0 Å². The highest BCUT2D eigenvalue weighted by atomic mass is 19.4. The Balaban J connectivity index is 4.37. The number of halogens is 3. The maximum Gasteiger partial charge on any atom is 0.405 e. The highest BCUT2D eigenvalue weighted by molar-refractivity contribution is 4.84.